The molecule has 102 valence electrons. The van der Waals surface area contributed by atoms with Crippen LogP contribution in [0.25, 0.3) is 0 Å². The van der Waals surface area contributed by atoms with Gasteiger partial charge >= 0.3 is 5.97 Å². The highest BCUT2D eigenvalue weighted by atomic mass is 16.4. The largest absolute Gasteiger partial charge is 0.480 e. The molecule has 3 N–H and O–H groups in total. The van der Waals surface area contributed by atoms with Crippen LogP contribution in [0.15, 0.2) is 0 Å². The monoisotopic (exact) mass is 254 g/mol. The second-order valence-corrected chi connectivity index (χ2v) is 5.57. The third-order valence-corrected chi connectivity index (χ3v) is 4.22. The van der Waals surface area contributed by atoms with Crippen LogP contribution in [0, 0.1) is 0 Å². The van der Waals surface area contributed by atoms with Crippen molar-refractivity contribution in [1.82, 2.24) is 4.90 Å². The van der Waals surface area contributed by atoms with E-state index in [1.54, 1.807) is 0 Å². The minimum atomic E-state index is -0.901. The van der Waals surface area contributed by atoms with Gasteiger partial charge < -0.3 is 15.7 Å². The van der Waals surface area contributed by atoms with Crippen molar-refractivity contribution >= 4 is 11.9 Å². The third kappa shape index (κ3) is 2.51. The first kappa shape index (κ1) is 13.3. The van der Waals surface area contributed by atoms with Crippen LogP contribution in [-0.4, -0.2) is 40.0 Å². The smallest absolute Gasteiger partial charge is 0.326 e. The lowest BCUT2D eigenvalue weighted by Gasteiger charge is -2.41. The molecule has 1 aliphatic heterocycles. The van der Waals surface area contributed by atoms with E-state index in [9.17, 15) is 14.7 Å². The molecular weight excluding hydrogens is 232 g/mol. The number of aliphatic carboxylic acids is 1. The van der Waals surface area contributed by atoms with Gasteiger partial charge in [-0.2, -0.15) is 0 Å². The van der Waals surface area contributed by atoms with Crippen LogP contribution in [0.3, 0.4) is 0 Å². The number of carboxylic acids is 1. The third-order valence-electron chi connectivity index (χ3n) is 4.22. The summed E-state index contributed by atoms with van der Waals surface area (Å²) in [6.45, 7) is 0.536. The number of amides is 1. The van der Waals surface area contributed by atoms with E-state index in [2.05, 4.69) is 0 Å². The van der Waals surface area contributed by atoms with E-state index >= 15 is 0 Å². The topological polar surface area (TPSA) is 83.6 Å². The Hall–Kier alpha value is -1.10. The van der Waals surface area contributed by atoms with Crippen molar-refractivity contribution in [2.45, 2.75) is 62.9 Å². The maximum Gasteiger partial charge on any atom is 0.326 e. The molecule has 1 saturated heterocycles. The molecule has 0 bridgehead atoms. The molecule has 0 aromatic carbocycles. The summed E-state index contributed by atoms with van der Waals surface area (Å²) in [5, 5.41) is 9.21. The molecular formula is C13H22N2O3. The minimum absolute atomic E-state index is 0.144. The molecule has 2 aliphatic rings. The van der Waals surface area contributed by atoms with Crippen molar-refractivity contribution in [3.8, 4) is 0 Å². The average molecular weight is 254 g/mol. The number of nitrogens with two attached hydrogens (primary N) is 1. The summed E-state index contributed by atoms with van der Waals surface area (Å²) in [4.78, 5) is 25.3. The molecule has 0 aromatic rings. The molecule has 1 heterocycles. The number of carbonyl (C=O) groups excluding carboxylic acids is 1. The second-order valence-electron chi connectivity index (χ2n) is 5.57. The van der Waals surface area contributed by atoms with Gasteiger partial charge in [0.05, 0.1) is 5.54 Å². The van der Waals surface area contributed by atoms with Crippen molar-refractivity contribution in [3.05, 3.63) is 0 Å². The Morgan fingerprint density at radius 2 is 1.78 bits per heavy atom. The molecule has 5 heteroatoms. The summed E-state index contributed by atoms with van der Waals surface area (Å²) in [5.41, 5.74) is 5.40. The summed E-state index contributed by atoms with van der Waals surface area (Å²) in [6, 6.07) is -0.673. The van der Waals surface area contributed by atoms with Crippen molar-refractivity contribution < 1.29 is 14.7 Å². The Bertz CT molecular complexity index is 337. The van der Waals surface area contributed by atoms with Gasteiger partial charge in [0.25, 0.3) is 0 Å². The van der Waals surface area contributed by atoms with Crippen molar-refractivity contribution in [2.24, 2.45) is 5.73 Å². The highest BCUT2D eigenvalue weighted by Crippen LogP contribution is 2.30. The van der Waals surface area contributed by atoms with Crippen LogP contribution >= 0.6 is 0 Å². The summed E-state index contributed by atoms with van der Waals surface area (Å²) >= 11 is 0. The van der Waals surface area contributed by atoms with E-state index in [4.69, 9.17) is 5.73 Å². The van der Waals surface area contributed by atoms with Crippen LogP contribution in [0.2, 0.25) is 0 Å². The molecule has 0 unspecified atom stereocenters. The molecule has 0 aromatic heterocycles. The zero-order valence-electron chi connectivity index (χ0n) is 10.7. The fourth-order valence-corrected chi connectivity index (χ4v) is 3.11. The van der Waals surface area contributed by atoms with Crippen molar-refractivity contribution in [1.29, 1.82) is 0 Å². The molecule has 5 nitrogen and oxygen atoms in total. The quantitative estimate of drug-likeness (QED) is 0.773. The molecule has 1 amide bonds. The number of rotatable bonds is 2. The van der Waals surface area contributed by atoms with Gasteiger partial charge in [-0.25, -0.2) is 4.79 Å². The Balaban J connectivity index is 2.12. The van der Waals surface area contributed by atoms with Gasteiger partial charge in [-0.3, -0.25) is 4.79 Å². The van der Waals surface area contributed by atoms with E-state index in [0.717, 1.165) is 32.1 Å². The van der Waals surface area contributed by atoms with Crippen LogP contribution in [0.4, 0.5) is 0 Å². The van der Waals surface area contributed by atoms with Gasteiger partial charge in [-0.15, -0.1) is 0 Å². The summed E-state index contributed by atoms with van der Waals surface area (Å²) < 4.78 is 0. The van der Waals surface area contributed by atoms with Crippen molar-refractivity contribution in [3.63, 3.8) is 0 Å². The summed E-state index contributed by atoms with van der Waals surface area (Å²) in [6.07, 6.45) is 6.74. The molecule has 2 fully saturated rings. The molecule has 1 atom stereocenters. The maximum absolute atomic E-state index is 12.5. The van der Waals surface area contributed by atoms with Gasteiger partial charge in [0.1, 0.15) is 6.04 Å². The molecule has 18 heavy (non-hydrogen) atoms. The lowest BCUT2D eigenvalue weighted by molar-refractivity contribution is -0.155. The number of hydrogen-bond donors (Lipinski definition) is 2. The fourth-order valence-electron chi connectivity index (χ4n) is 3.11. The van der Waals surface area contributed by atoms with Gasteiger partial charge in [-0.1, -0.05) is 19.3 Å². The van der Waals surface area contributed by atoms with E-state index < -0.39 is 17.6 Å². The Kier molecular flexibility index (Phi) is 3.90. The predicted octanol–water partition coefficient (Wildman–Crippen LogP) is 1.11. The second kappa shape index (κ2) is 5.26. The number of carbonyl (C=O) groups is 2. The fraction of sp³-hybridized carbons (Fsp3) is 0.846. The van der Waals surface area contributed by atoms with Crippen molar-refractivity contribution in [2.75, 3.05) is 6.54 Å². The van der Waals surface area contributed by atoms with Gasteiger partial charge in [0, 0.05) is 6.54 Å². The number of piperidine rings is 1. The van der Waals surface area contributed by atoms with Crippen LogP contribution in [0.5, 0.6) is 0 Å². The lowest BCUT2D eigenvalue weighted by atomic mass is 9.80. The van der Waals surface area contributed by atoms with E-state index in [-0.39, 0.29) is 5.91 Å². The molecule has 0 spiro atoms. The van der Waals surface area contributed by atoms with Crippen LogP contribution < -0.4 is 5.73 Å². The first-order valence-corrected chi connectivity index (χ1v) is 6.87. The normalized spacial score (nSPS) is 27.8. The first-order valence-electron chi connectivity index (χ1n) is 6.87. The van der Waals surface area contributed by atoms with Gasteiger partial charge in [0.15, 0.2) is 0 Å². The zero-order valence-corrected chi connectivity index (χ0v) is 10.7. The molecule has 2 rings (SSSR count). The number of hydrogen-bond acceptors (Lipinski definition) is 3. The number of likely N-dealkylation sites (tertiary alicyclic amines) is 1. The van der Waals surface area contributed by atoms with Gasteiger partial charge in [0.2, 0.25) is 5.91 Å². The lowest BCUT2D eigenvalue weighted by Crippen LogP contribution is -2.60. The number of nitrogens with zero attached hydrogens (tertiary/aromatic N) is 1. The van der Waals surface area contributed by atoms with E-state index in [1.165, 1.54) is 4.90 Å². The molecule has 0 radical (unpaired) electrons. The van der Waals surface area contributed by atoms with Gasteiger partial charge in [-0.05, 0) is 32.1 Å². The Morgan fingerprint density at radius 3 is 2.39 bits per heavy atom. The summed E-state index contributed by atoms with van der Waals surface area (Å²) in [5.74, 6) is -1.04. The van der Waals surface area contributed by atoms with Crippen LogP contribution in [0.1, 0.15) is 51.4 Å². The maximum atomic E-state index is 12.5. The first-order chi connectivity index (χ1) is 8.54. The van der Waals surface area contributed by atoms with Crippen LogP contribution in [-0.2, 0) is 9.59 Å². The standard InChI is InChI=1S/C13H22N2O3/c14-13(7-3-1-4-8-13)12(18)15-9-5-2-6-10(15)11(16)17/h10H,1-9,14H2,(H,16,17)/t10-/m1/s1. The highest BCUT2D eigenvalue weighted by molar-refractivity contribution is 5.90. The minimum Gasteiger partial charge on any atom is -0.480 e. The summed E-state index contributed by atoms with van der Waals surface area (Å²) in [7, 11) is 0. The SMILES string of the molecule is NC1(C(=O)N2CCCC[C@@H]2C(=O)O)CCCCC1. The number of carboxylic acid groups (broad SMARTS) is 1. The van der Waals surface area contributed by atoms with E-state index in [1.807, 2.05) is 0 Å². The molecule has 1 saturated carbocycles. The van der Waals surface area contributed by atoms with E-state index in [0.29, 0.717) is 25.8 Å². The highest BCUT2D eigenvalue weighted by Gasteiger charge is 2.42. The Morgan fingerprint density at radius 1 is 1.11 bits per heavy atom. The Labute approximate surface area is 107 Å². The predicted molar refractivity (Wildman–Crippen MR) is 67.0 cm³/mol. The average Bonchev–Trinajstić information content (AvgIpc) is 2.38. The molecule has 1 aliphatic carbocycles. The zero-order chi connectivity index (χ0) is 13.2.